The van der Waals surface area contributed by atoms with E-state index in [1.807, 2.05) is 4.90 Å². The summed E-state index contributed by atoms with van der Waals surface area (Å²) in [6, 6.07) is 5.19. The van der Waals surface area contributed by atoms with Crippen LogP contribution in [0.1, 0.15) is 37.0 Å². The van der Waals surface area contributed by atoms with Crippen molar-refractivity contribution < 1.29 is 14.6 Å². The van der Waals surface area contributed by atoms with E-state index >= 15 is 0 Å². The Morgan fingerprint density at radius 1 is 1.47 bits per heavy atom. The van der Waals surface area contributed by atoms with E-state index in [-0.39, 0.29) is 11.7 Å². The van der Waals surface area contributed by atoms with Crippen LogP contribution in [0, 0.1) is 5.92 Å². The molecule has 19 heavy (non-hydrogen) atoms. The smallest absolute Gasteiger partial charge is 0.254 e. The number of hydrogen-bond donors (Lipinski definition) is 1. The number of phenolic OH excluding ortho intramolecular Hbond substituents is 1. The fourth-order valence-electron chi connectivity index (χ4n) is 2.17. The van der Waals surface area contributed by atoms with Gasteiger partial charge in [0.15, 0.2) is 11.5 Å². The van der Waals surface area contributed by atoms with E-state index < -0.39 is 0 Å². The minimum absolute atomic E-state index is 0.00541. The first-order valence-electron chi connectivity index (χ1n) is 6.71. The molecule has 1 amide bonds. The summed E-state index contributed by atoms with van der Waals surface area (Å²) in [5, 5.41) is 9.76. The Morgan fingerprint density at radius 3 is 2.63 bits per heavy atom. The third-order valence-corrected chi connectivity index (χ3v) is 3.24. The normalized spacial score (nSPS) is 14.5. The highest BCUT2D eigenvalue weighted by Gasteiger charge is 2.33. The van der Waals surface area contributed by atoms with Gasteiger partial charge in [-0.25, -0.2) is 0 Å². The maximum atomic E-state index is 12.5. The first-order valence-corrected chi connectivity index (χ1v) is 6.71. The van der Waals surface area contributed by atoms with Crippen LogP contribution in [-0.2, 0) is 0 Å². The summed E-state index contributed by atoms with van der Waals surface area (Å²) in [4.78, 5) is 14.4. The van der Waals surface area contributed by atoms with Gasteiger partial charge in [-0.1, -0.05) is 13.8 Å². The van der Waals surface area contributed by atoms with Gasteiger partial charge in [0.25, 0.3) is 5.91 Å². The van der Waals surface area contributed by atoms with Gasteiger partial charge in [0, 0.05) is 18.2 Å². The number of ether oxygens (including phenoxy) is 1. The molecule has 0 radical (unpaired) electrons. The molecule has 2 rings (SSSR count). The molecule has 0 unspecified atom stereocenters. The predicted molar refractivity (Wildman–Crippen MR) is 73.6 cm³/mol. The average Bonchev–Trinajstić information content (AvgIpc) is 3.19. The lowest BCUT2D eigenvalue weighted by molar-refractivity contribution is 0.0722. The molecule has 1 aromatic rings. The number of rotatable bonds is 5. The second-order valence-electron chi connectivity index (χ2n) is 5.47. The summed E-state index contributed by atoms with van der Waals surface area (Å²) in [5.41, 5.74) is 0.519. The van der Waals surface area contributed by atoms with Crippen molar-refractivity contribution in [3.63, 3.8) is 0 Å². The molecule has 1 aliphatic carbocycles. The Labute approximate surface area is 114 Å². The highest BCUT2D eigenvalue weighted by molar-refractivity contribution is 5.95. The fraction of sp³-hybridized carbons (Fsp3) is 0.533. The van der Waals surface area contributed by atoms with Crippen LogP contribution in [0.4, 0.5) is 0 Å². The van der Waals surface area contributed by atoms with Crippen molar-refractivity contribution in [1.29, 1.82) is 0 Å². The van der Waals surface area contributed by atoms with Gasteiger partial charge >= 0.3 is 0 Å². The third kappa shape index (κ3) is 3.19. The number of carbonyl (C=O) groups excluding carboxylic acids is 1. The molecule has 104 valence electrons. The summed E-state index contributed by atoms with van der Waals surface area (Å²) in [6.45, 7) is 4.97. The van der Waals surface area contributed by atoms with Crippen LogP contribution in [0.25, 0.3) is 0 Å². The molecule has 0 bridgehead atoms. The number of methoxy groups -OCH3 is 1. The van der Waals surface area contributed by atoms with Gasteiger partial charge in [-0.15, -0.1) is 0 Å². The monoisotopic (exact) mass is 263 g/mol. The van der Waals surface area contributed by atoms with Gasteiger partial charge in [-0.2, -0.15) is 0 Å². The number of amides is 1. The zero-order valence-electron chi connectivity index (χ0n) is 11.7. The first kappa shape index (κ1) is 13.7. The summed E-state index contributed by atoms with van der Waals surface area (Å²) in [5.74, 6) is 0.831. The van der Waals surface area contributed by atoms with E-state index in [9.17, 15) is 9.90 Å². The van der Waals surface area contributed by atoms with Gasteiger partial charge in [0.1, 0.15) is 0 Å². The number of carbonyl (C=O) groups is 1. The molecule has 0 aromatic heterocycles. The van der Waals surface area contributed by atoms with Crippen LogP contribution in [0.3, 0.4) is 0 Å². The number of phenols is 1. The first-order chi connectivity index (χ1) is 9.02. The molecule has 4 nitrogen and oxygen atoms in total. The molecule has 1 saturated carbocycles. The van der Waals surface area contributed by atoms with E-state index in [4.69, 9.17) is 4.74 Å². The average molecular weight is 263 g/mol. The lowest BCUT2D eigenvalue weighted by Gasteiger charge is -2.24. The number of nitrogens with zero attached hydrogens (tertiary/aromatic N) is 1. The molecule has 1 aliphatic rings. The summed E-state index contributed by atoms with van der Waals surface area (Å²) >= 11 is 0. The maximum Gasteiger partial charge on any atom is 0.254 e. The quantitative estimate of drug-likeness (QED) is 0.888. The molecule has 0 spiro atoms. The predicted octanol–water partition coefficient (Wildman–Crippen LogP) is 2.66. The van der Waals surface area contributed by atoms with Crippen LogP contribution >= 0.6 is 0 Å². The van der Waals surface area contributed by atoms with Crippen LogP contribution in [0.15, 0.2) is 18.2 Å². The van der Waals surface area contributed by atoms with Gasteiger partial charge in [0.05, 0.1) is 7.11 Å². The Kier molecular flexibility index (Phi) is 3.98. The molecule has 1 N–H and O–H groups in total. The van der Waals surface area contributed by atoms with Crippen molar-refractivity contribution in [1.82, 2.24) is 4.90 Å². The lowest BCUT2D eigenvalue weighted by atomic mass is 10.1. The van der Waals surface area contributed by atoms with Crippen molar-refractivity contribution in [2.24, 2.45) is 5.92 Å². The Morgan fingerprint density at radius 2 is 2.16 bits per heavy atom. The van der Waals surface area contributed by atoms with Crippen LogP contribution in [0.5, 0.6) is 11.5 Å². The Bertz CT molecular complexity index is 466. The number of benzene rings is 1. The van der Waals surface area contributed by atoms with E-state index in [0.717, 1.165) is 19.4 Å². The summed E-state index contributed by atoms with van der Waals surface area (Å²) in [6.07, 6.45) is 2.17. The van der Waals surface area contributed by atoms with E-state index in [1.54, 1.807) is 12.1 Å². The standard InChI is InChI=1S/C15H21NO3/c1-10(2)9-16(12-5-6-12)15(18)11-4-7-14(19-3)13(17)8-11/h4,7-8,10,12,17H,5-6,9H2,1-3H3. The van der Waals surface area contributed by atoms with Gasteiger partial charge in [-0.3, -0.25) is 4.79 Å². The van der Waals surface area contributed by atoms with Crippen molar-refractivity contribution in [3.8, 4) is 11.5 Å². The minimum atomic E-state index is -0.00541. The van der Waals surface area contributed by atoms with Gasteiger partial charge in [0.2, 0.25) is 0 Å². The molecule has 0 heterocycles. The van der Waals surface area contributed by atoms with Crippen molar-refractivity contribution in [2.45, 2.75) is 32.7 Å². The van der Waals surface area contributed by atoms with Crippen molar-refractivity contribution >= 4 is 5.91 Å². The SMILES string of the molecule is COc1ccc(C(=O)N(CC(C)C)C2CC2)cc1O. The molecular weight excluding hydrogens is 242 g/mol. The minimum Gasteiger partial charge on any atom is -0.504 e. The highest BCUT2D eigenvalue weighted by Crippen LogP contribution is 2.31. The molecule has 1 aromatic carbocycles. The fourth-order valence-corrected chi connectivity index (χ4v) is 2.17. The van der Waals surface area contributed by atoms with E-state index in [0.29, 0.717) is 23.3 Å². The number of hydrogen-bond acceptors (Lipinski definition) is 3. The van der Waals surface area contributed by atoms with Crippen molar-refractivity contribution in [2.75, 3.05) is 13.7 Å². The zero-order valence-corrected chi connectivity index (χ0v) is 11.7. The topological polar surface area (TPSA) is 49.8 Å². The highest BCUT2D eigenvalue weighted by atomic mass is 16.5. The summed E-state index contributed by atoms with van der Waals surface area (Å²) < 4.78 is 4.99. The van der Waals surface area contributed by atoms with Gasteiger partial charge < -0.3 is 14.7 Å². The second-order valence-corrected chi connectivity index (χ2v) is 5.47. The molecule has 0 saturated heterocycles. The lowest BCUT2D eigenvalue weighted by Crippen LogP contribution is -2.36. The van der Waals surface area contributed by atoms with Gasteiger partial charge in [-0.05, 0) is 37.0 Å². The van der Waals surface area contributed by atoms with Crippen molar-refractivity contribution in [3.05, 3.63) is 23.8 Å². The van der Waals surface area contributed by atoms with E-state index in [2.05, 4.69) is 13.8 Å². The number of aromatic hydroxyl groups is 1. The maximum absolute atomic E-state index is 12.5. The van der Waals surface area contributed by atoms with Crippen LogP contribution < -0.4 is 4.74 Å². The van der Waals surface area contributed by atoms with E-state index in [1.165, 1.54) is 13.2 Å². The Hall–Kier alpha value is -1.71. The van der Waals surface area contributed by atoms with Crippen LogP contribution in [-0.4, -0.2) is 35.6 Å². The third-order valence-electron chi connectivity index (χ3n) is 3.24. The largest absolute Gasteiger partial charge is 0.504 e. The molecular formula is C15H21NO3. The molecule has 4 heteroatoms. The molecule has 0 aliphatic heterocycles. The molecule has 1 fully saturated rings. The summed E-state index contributed by atoms with van der Waals surface area (Å²) in [7, 11) is 1.49. The Balaban J connectivity index is 2.19. The van der Waals surface area contributed by atoms with Crippen LogP contribution in [0.2, 0.25) is 0 Å². The zero-order chi connectivity index (χ0) is 14.0. The second kappa shape index (κ2) is 5.51. The molecule has 0 atom stereocenters.